The molecule has 1 saturated heterocycles. The number of nitrogens with one attached hydrogen (secondary N) is 1. The standard InChI is InChI=1S/C17H35N3/c1-15-6-5-9-17(12-15,13-18-2)14-20-10-7-16(8-11-20)19(3)4/h15-16,18H,5-14H2,1-4H3. The lowest BCUT2D eigenvalue weighted by Gasteiger charge is -2.45. The van der Waals surface area contributed by atoms with Crippen LogP contribution >= 0.6 is 0 Å². The average Bonchev–Trinajstić information content (AvgIpc) is 2.39. The molecule has 2 unspecified atom stereocenters. The highest BCUT2D eigenvalue weighted by Crippen LogP contribution is 2.40. The number of hydrogen-bond acceptors (Lipinski definition) is 3. The van der Waals surface area contributed by atoms with Gasteiger partial charge in [-0.3, -0.25) is 0 Å². The van der Waals surface area contributed by atoms with E-state index in [2.05, 4.69) is 43.2 Å². The molecule has 0 bridgehead atoms. The summed E-state index contributed by atoms with van der Waals surface area (Å²) in [6.07, 6.45) is 8.40. The maximum Gasteiger partial charge on any atom is 0.0113 e. The molecular formula is C17H35N3. The van der Waals surface area contributed by atoms with Gasteiger partial charge >= 0.3 is 0 Å². The Morgan fingerprint density at radius 1 is 1.20 bits per heavy atom. The third-order valence-electron chi connectivity index (χ3n) is 5.58. The average molecular weight is 281 g/mol. The Labute approximate surface area is 126 Å². The van der Waals surface area contributed by atoms with E-state index in [1.54, 1.807) is 0 Å². The number of nitrogens with zero attached hydrogens (tertiary/aromatic N) is 2. The van der Waals surface area contributed by atoms with Gasteiger partial charge in [-0.05, 0) is 71.2 Å². The topological polar surface area (TPSA) is 18.5 Å². The highest BCUT2D eigenvalue weighted by molar-refractivity contribution is 4.91. The van der Waals surface area contributed by atoms with Gasteiger partial charge in [-0.1, -0.05) is 19.8 Å². The van der Waals surface area contributed by atoms with Crippen molar-refractivity contribution in [1.82, 2.24) is 15.1 Å². The maximum absolute atomic E-state index is 3.48. The van der Waals surface area contributed by atoms with Crippen LogP contribution in [0.1, 0.15) is 45.4 Å². The van der Waals surface area contributed by atoms with Crippen LogP contribution in [0, 0.1) is 11.3 Å². The largest absolute Gasteiger partial charge is 0.319 e. The highest BCUT2D eigenvalue weighted by Gasteiger charge is 2.36. The van der Waals surface area contributed by atoms with Gasteiger partial charge in [0.25, 0.3) is 0 Å². The molecule has 1 aliphatic carbocycles. The molecule has 1 N–H and O–H groups in total. The fourth-order valence-corrected chi connectivity index (χ4v) is 4.57. The molecule has 0 spiro atoms. The molecule has 0 aromatic heterocycles. The lowest BCUT2D eigenvalue weighted by molar-refractivity contribution is 0.0562. The van der Waals surface area contributed by atoms with Crippen molar-refractivity contribution >= 4 is 0 Å². The predicted octanol–water partition coefficient (Wildman–Crippen LogP) is 2.43. The van der Waals surface area contributed by atoms with E-state index in [4.69, 9.17) is 0 Å². The van der Waals surface area contributed by atoms with Crippen LogP contribution in [0.5, 0.6) is 0 Å². The van der Waals surface area contributed by atoms with E-state index in [-0.39, 0.29) is 0 Å². The summed E-state index contributed by atoms with van der Waals surface area (Å²) in [5, 5.41) is 3.48. The van der Waals surface area contributed by atoms with Gasteiger partial charge in [0.15, 0.2) is 0 Å². The van der Waals surface area contributed by atoms with Gasteiger partial charge in [0.2, 0.25) is 0 Å². The molecular weight excluding hydrogens is 246 g/mol. The molecule has 1 aliphatic heterocycles. The molecule has 20 heavy (non-hydrogen) atoms. The van der Waals surface area contributed by atoms with Crippen LogP contribution in [0.25, 0.3) is 0 Å². The highest BCUT2D eigenvalue weighted by atomic mass is 15.2. The molecule has 3 nitrogen and oxygen atoms in total. The second kappa shape index (κ2) is 7.24. The molecule has 0 aromatic rings. The lowest BCUT2D eigenvalue weighted by atomic mass is 9.69. The molecule has 1 heterocycles. The van der Waals surface area contributed by atoms with Crippen molar-refractivity contribution in [3.63, 3.8) is 0 Å². The van der Waals surface area contributed by atoms with Crippen LogP contribution in [-0.4, -0.2) is 63.2 Å². The molecule has 2 rings (SSSR count). The summed E-state index contributed by atoms with van der Waals surface area (Å²) < 4.78 is 0. The van der Waals surface area contributed by atoms with E-state index in [1.165, 1.54) is 64.7 Å². The first-order valence-electron chi connectivity index (χ1n) is 8.58. The number of likely N-dealkylation sites (tertiary alicyclic amines) is 1. The van der Waals surface area contributed by atoms with Gasteiger partial charge in [0.05, 0.1) is 0 Å². The van der Waals surface area contributed by atoms with Crippen LogP contribution in [0.15, 0.2) is 0 Å². The van der Waals surface area contributed by atoms with Gasteiger partial charge in [-0.25, -0.2) is 0 Å². The Morgan fingerprint density at radius 3 is 2.45 bits per heavy atom. The summed E-state index contributed by atoms with van der Waals surface area (Å²) in [5.74, 6) is 0.913. The maximum atomic E-state index is 3.48. The molecule has 118 valence electrons. The van der Waals surface area contributed by atoms with Gasteiger partial charge in [0.1, 0.15) is 0 Å². The molecule has 2 atom stereocenters. The van der Waals surface area contributed by atoms with Crippen LogP contribution in [-0.2, 0) is 0 Å². The minimum absolute atomic E-state index is 0.539. The summed E-state index contributed by atoms with van der Waals surface area (Å²) >= 11 is 0. The Morgan fingerprint density at radius 2 is 1.90 bits per heavy atom. The van der Waals surface area contributed by atoms with E-state index in [0.29, 0.717) is 5.41 Å². The monoisotopic (exact) mass is 281 g/mol. The summed E-state index contributed by atoms with van der Waals surface area (Å²) in [4.78, 5) is 5.15. The number of piperidine rings is 1. The van der Waals surface area contributed by atoms with E-state index in [0.717, 1.165) is 12.0 Å². The Kier molecular flexibility index (Phi) is 5.88. The van der Waals surface area contributed by atoms with Crippen molar-refractivity contribution in [3.8, 4) is 0 Å². The summed E-state index contributed by atoms with van der Waals surface area (Å²) in [6, 6.07) is 0.803. The Bertz CT molecular complexity index is 280. The fourth-order valence-electron chi connectivity index (χ4n) is 4.57. The lowest BCUT2D eigenvalue weighted by Crippen LogP contribution is -2.50. The predicted molar refractivity (Wildman–Crippen MR) is 87.1 cm³/mol. The quantitative estimate of drug-likeness (QED) is 0.835. The fraction of sp³-hybridized carbons (Fsp3) is 1.00. The molecule has 2 fully saturated rings. The van der Waals surface area contributed by atoms with E-state index < -0.39 is 0 Å². The van der Waals surface area contributed by atoms with Gasteiger partial charge in [-0.2, -0.15) is 0 Å². The van der Waals surface area contributed by atoms with Crippen molar-refractivity contribution in [1.29, 1.82) is 0 Å². The van der Waals surface area contributed by atoms with Crippen molar-refractivity contribution in [3.05, 3.63) is 0 Å². The second-order valence-electron chi connectivity index (χ2n) is 7.70. The van der Waals surface area contributed by atoms with Crippen molar-refractivity contribution in [2.75, 3.05) is 47.3 Å². The number of rotatable bonds is 5. The third kappa shape index (κ3) is 4.19. The Hall–Kier alpha value is -0.120. The van der Waals surface area contributed by atoms with Crippen LogP contribution in [0.4, 0.5) is 0 Å². The molecule has 1 saturated carbocycles. The summed E-state index contributed by atoms with van der Waals surface area (Å²) in [6.45, 7) is 7.55. The smallest absolute Gasteiger partial charge is 0.0113 e. The molecule has 3 heteroatoms. The molecule has 0 aromatic carbocycles. The van der Waals surface area contributed by atoms with Crippen molar-refractivity contribution in [2.45, 2.75) is 51.5 Å². The van der Waals surface area contributed by atoms with E-state index in [1.807, 2.05) is 0 Å². The second-order valence-corrected chi connectivity index (χ2v) is 7.70. The van der Waals surface area contributed by atoms with Crippen LogP contribution in [0.2, 0.25) is 0 Å². The first-order chi connectivity index (χ1) is 9.54. The van der Waals surface area contributed by atoms with Gasteiger partial charge in [0, 0.05) is 19.1 Å². The SMILES string of the molecule is CNCC1(CN2CCC(N(C)C)CC2)CCCC(C)C1. The van der Waals surface area contributed by atoms with E-state index >= 15 is 0 Å². The number of hydrogen-bond donors (Lipinski definition) is 1. The van der Waals surface area contributed by atoms with Gasteiger partial charge in [-0.15, -0.1) is 0 Å². The first-order valence-corrected chi connectivity index (χ1v) is 8.58. The zero-order chi connectivity index (χ0) is 14.6. The van der Waals surface area contributed by atoms with Gasteiger partial charge < -0.3 is 15.1 Å². The zero-order valence-electron chi connectivity index (χ0n) is 14.1. The summed E-state index contributed by atoms with van der Waals surface area (Å²) in [7, 11) is 6.58. The Balaban J connectivity index is 1.89. The molecule has 0 radical (unpaired) electrons. The van der Waals surface area contributed by atoms with E-state index in [9.17, 15) is 0 Å². The first kappa shape index (κ1) is 16.3. The van der Waals surface area contributed by atoms with Crippen LogP contribution < -0.4 is 5.32 Å². The molecule has 0 amide bonds. The zero-order valence-corrected chi connectivity index (χ0v) is 14.1. The normalized spacial score (nSPS) is 33.8. The minimum atomic E-state index is 0.539. The summed E-state index contributed by atoms with van der Waals surface area (Å²) in [5.41, 5.74) is 0.539. The van der Waals surface area contributed by atoms with Crippen molar-refractivity contribution < 1.29 is 0 Å². The van der Waals surface area contributed by atoms with Crippen LogP contribution in [0.3, 0.4) is 0 Å². The van der Waals surface area contributed by atoms with Crippen molar-refractivity contribution in [2.24, 2.45) is 11.3 Å². The molecule has 2 aliphatic rings. The third-order valence-corrected chi connectivity index (χ3v) is 5.58. The minimum Gasteiger partial charge on any atom is -0.319 e.